The SMILES string of the molecule is CC#CC(=O)Nc1cc2c(Nc3ccc(Oc4ccccc4)cc3)ncnc2cc1C#C[C@H]1[C@H]2CN(C)C[C@@H]12. The quantitative estimate of drug-likeness (QED) is 0.353. The van der Waals surface area contributed by atoms with Crippen LogP contribution in [0, 0.1) is 41.4 Å². The highest BCUT2D eigenvalue weighted by molar-refractivity contribution is 6.06. The number of carbonyl (C=O) groups is 1. The van der Waals surface area contributed by atoms with Crippen LogP contribution in [0.5, 0.6) is 11.5 Å². The number of fused-ring (bicyclic) bond motifs is 2. The van der Waals surface area contributed by atoms with E-state index in [0.717, 1.165) is 46.7 Å². The van der Waals surface area contributed by atoms with Crippen molar-refractivity contribution in [3.63, 3.8) is 0 Å². The molecule has 1 saturated heterocycles. The van der Waals surface area contributed by atoms with Crippen molar-refractivity contribution in [1.82, 2.24) is 14.9 Å². The molecule has 192 valence electrons. The number of rotatable bonds is 5. The number of nitrogens with zero attached hydrogens (tertiary/aromatic N) is 3. The van der Waals surface area contributed by atoms with Gasteiger partial charge in [-0.1, -0.05) is 36.0 Å². The molecule has 1 aliphatic carbocycles. The van der Waals surface area contributed by atoms with Crippen LogP contribution in [0.2, 0.25) is 0 Å². The normalized spacial score (nSPS) is 19.2. The first-order chi connectivity index (χ1) is 19.1. The van der Waals surface area contributed by atoms with Gasteiger partial charge < -0.3 is 20.3 Å². The van der Waals surface area contributed by atoms with Gasteiger partial charge in [0.05, 0.1) is 16.8 Å². The summed E-state index contributed by atoms with van der Waals surface area (Å²) in [7, 11) is 2.15. The lowest BCUT2D eigenvalue weighted by molar-refractivity contribution is -0.111. The maximum atomic E-state index is 12.4. The minimum atomic E-state index is -0.384. The van der Waals surface area contributed by atoms with Crippen molar-refractivity contribution in [3.05, 3.63) is 78.6 Å². The number of anilines is 3. The Hall–Kier alpha value is -4.85. The van der Waals surface area contributed by atoms with Crippen LogP contribution in [0.4, 0.5) is 17.2 Å². The van der Waals surface area contributed by atoms with Gasteiger partial charge >= 0.3 is 0 Å². The number of nitrogens with one attached hydrogen (secondary N) is 2. The second-order valence-corrected chi connectivity index (χ2v) is 9.87. The first kappa shape index (κ1) is 24.5. The van der Waals surface area contributed by atoms with Gasteiger partial charge in [0, 0.05) is 30.1 Å². The lowest BCUT2D eigenvalue weighted by atomic mass is 10.1. The average Bonchev–Trinajstić information content (AvgIpc) is 3.40. The zero-order valence-corrected chi connectivity index (χ0v) is 21.7. The van der Waals surface area contributed by atoms with Crippen molar-refractivity contribution in [2.45, 2.75) is 6.92 Å². The summed E-state index contributed by atoms with van der Waals surface area (Å²) in [6.45, 7) is 3.83. The molecule has 0 spiro atoms. The maximum Gasteiger partial charge on any atom is 0.300 e. The summed E-state index contributed by atoms with van der Waals surface area (Å²) in [4.78, 5) is 23.7. The number of hydrogen-bond donors (Lipinski definition) is 2. The summed E-state index contributed by atoms with van der Waals surface area (Å²) >= 11 is 0. The molecule has 1 aliphatic heterocycles. The molecule has 2 N–H and O–H groups in total. The third-order valence-corrected chi connectivity index (χ3v) is 7.11. The minimum absolute atomic E-state index is 0.384. The summed E-state index contributed by atoms with van der Waals surface area (Å²) in [5.41, 5.74) is 2.89. The van der Waals surface area contributed by atoms with E-state index in [4.69, 9.17) is 4.74 Å². The summed E-state index contributed by atoms with van der Waals surface area (Å²) < 4.78 is 5.89. The lowest BCUT2D eigenvalue weighted by Gasteiger charge is -2.12. The molecule has 0 bridgehead atoms. The predicted molar refractivity (Wildman–Crippen MR) is 153 cm³/mol. The Bertz CT molecular complexity index is 1650. The fourth-order valence-corrected chi connectivity index (χ4v) is 5.16. The van der Waals surface area contributed by atoms with E-state index in [2.05, 4.69) is 56.2 Å². The van der Waals surface area contributed by atoms with Crippen LogP contribution in [-0.2, 0) is 4.79 Å². The second-order valence-electron chi connectivity index (χ2n) is 9.87. The van der Waals surface area contributed by atoms with Gasteiger partial charge in [-0.25, -0.2) is 9.97 Å². The smallest absolute Gasteiger partial charge is 0.300 e. The molecule has 3 aromatic carbocycles. The van der Waals surface area contributed by atoms with E-state index in [0.29, 0.717) is 29.3 Å². The van der Waals surface area contributed by atoms with Gasteiger partial charge in [0.2, 0.25) is 0 Å². The van der Waals surface area contributed by atoms with Gasteiger partial charge in [-0.3, -0.25) is 4.79 Å². The molecular weight excluding hydrogens is 486 g/mol. The first-order valence-electron chi connectivity index (χ1n) is 12.9. The number of amides is 1. The maximum absolute atomic E-state index is 12.4. The molecule has 1 amide bonds. The Balaban J connectivity index is 1.28. The highest BCUT2D eigenvalue weighted by Crippen LogP contribution is 2.50. The van der Waals surface area contributed by atoms with E-state index in [1.165, 1.54) is 6.33 Å². The molecule has 1 aromatic heterocycles. The number of hydrogen-bond acceptors (Lipinski definition) is 6. The first-order valence-corrected chi connectivity index (χ1v) is 12.9. The minimum Gasteiger partial charge on any atom is -0.457 e. The molecule has 3 atom stereocenters. The molecular formula is C32H27N5O2. The summed E-state index contributed by atoms with van der Waals surface area (Å²) in [6.07, 6.45) is 1.52. The zero-order valence-electron chi connectivity index (χ0n) is 21.7. The molecule has 2 heterocycles. The Morgan fingerprint density at radius 3 is 2.49 bits per heavy atom. The second kappa shape index (κ2) is 10.5. The highest BCUT2D eigenvalue weighted by atomic mass is 16.5. The van der Waals surface area contributed by atoms with Crippen molar-refractivity contribution < 1.29 is 9.53 Å². The van der Waals surface area contributed by atoms with E-state index < -0.39 is 0 Å². The highest BCUT2D eigenvalue weighted by Gasteiger charge is 2.53. The van der Waals surface area contributed by atoms with Gasteiger partial charge in [-0.2, -0.15) is 0 Å². The summed E-state index contributed by atoms with van der Waals surface area (Å²) in [6, 6.07) is 21.1. The molecule has 2 fully saturated rings. The van der Waals surface area contributed by atoms with Crippen LogP contribution in [0.25, 0.3) is 10.9 Å². The van der Waals surface area contributed by atoms with E-state index in [1.54, 1.807) is 6.92 Å². The van der Waals surface area contributed by atoms with E-state index >= 15 is 0 Å². The third-order valence-electron chi connectivity index (χ3n) is 7.11. The van der Waals surface area contributed by atoms with Crippen LogP contribution in [-0.4, -0.2) is 40.9 Å². The number of aromatic nitrogens is 2. The number of likely N-dealkylation sites (tertiary alicyclic amines) is 1. The van der Waals surface area contributed by atoms with Crippen molar-refractivity contribution >= 4 is 34.0 Å². The van der Waals surface area contributed by atoms with E-state index in [1.807, 2.05) is 66.7 Å². The monoisotopic (exact) mass is 513 g/mol. The van der Waals surface area contributed by atoms with Crippen molar-refractivity contribution in [2.24, 2.45) is 17.8 Å². The van der Waals surface area contributed by atoms with Gasteiger partial charge in [-0.15, -0.1) is 0 Å². The van der Waals surface area contributed by atoms with Crippen LogP contribution in [0.15, 0.2) is 73.1 Å². The fraction of sp³-hybridized carbons (Fsp3) is 0.219. The van der Waals surface area contributed by atoms with Gasteiger partial charge in [0.25, 0.3) is 5.91 Å². The van der Waals surface area contributed by atoms with Crippen molar-refractivity contribution in [1.29, 1.82) is 0 Å². The van der Waals surface area contributed by atoms with Gasteiger partial charge in [0.1, 0.15) is 23.6 Å². The molecule has 2 aliphatic rings. The predicted octanol–water partition coefficient (Wildman–Crippen LogP) is 5.29. The molecule has 39 heavy (non-hydrogen) atoms. The number of piperidine rings is 1. The topological polar surface area (TPSA) is 79.4 Å². The van der Waals surface area contributed by atoms with Crippen molar-refractivity contribution in [3.8, 4) is 35.2 Å². The largest absolute Gasteiger partial charge is 0.457 e. The molecule has 4 aromatic rings. The van der Waals surface area contributed by atoms with Crippen molar-refractivity contribution in [2.75, 3.05) is 30.8 Å². The van der Waals surface area contributed by atoms with E-state index in [-0.39, 0.29) is 5.91 Å². The Morgan fingerprint density at radius 2 is 1.74 bits per heavy atom. The fourth-order valence-electron chi connectivity index (χ4n) is 5.16. The third kappa shape index (κ3) is 5.40. The summed E-state index contributed by atoms with van der Waals surface area (Å²) in [5.74, 6) is 15.4. The van der Waals surface area contributed by atoms with Crippen LogP contribution >= 0.6 is 0 Å². The molecule has 6 rings (SSSR count). The number of para-hydroxylation sites is 1. The Labute approximate surface area is 227 Å². The van der Waals surface area contributed by atoms with Gasteiger partial charge in [-0.05, 0) is 80.3 Å². The lowest BCUT2D eigenvalue weighted by Crippen LogP contribution is -2.18. The standard InChI is InChI=1S/C32H27N5O2/c1-3-7-31(38)36-29-17-26-30(16-21(29)10-15-25-27-18-37(2)19-28(25)27)33-20-34-32(26)35-22-11-13-24(14-12-22)39-23-8-5-4-6-9-23/h4-6,8-9,11-14,16-17,20,25,27-28H,18-19H2,1-2H3,(H,36,38)(H,33,34,35)/t25-,27+,28-. The van der Waals surface area contributed by atoms with E-state index in [9.17, 15) is 4.79 Å². The van der Waals surface area contributed by atoms with Crippen LogP contribution < -0.4 is 15.4 Å². The molecule has 1 saturated carbocycles. The molecule has 7 nitrogen and oxygen atoms in total. The number of carbonyl (C=O) groups excluding carboxylic acids is 1. The average molecular weight is 514 g/mol. The molecule has 0 radical (unpaired) electrons. The summed E-state index contributed by atoms with van der Waals surface area (Å²) in [5, 5.41) is 7.03. The molecule has 0 unspecified atom stereocenters. The Morgan fingerprint density at radius 1 is 1.00 bits per heavy atom. The van der Waals surface area contributed by atoms with Gasteiger partial charge in [0.15, 0.2) is 0 Å². The number of ether oxygens (including phenoxy) is 1. The Kier molecular flexibility index (Phi) is 6.59. The molecule has 7 heteroatoms. The zero-order chi connectivity index (χ0) is 26.8. The van der Waals surface area contributed by atoms with Crippen LogP contribution in [0.1, 0.15) is 12.5 Å². The number of benzene rings is 3. The van der Waals surface area contributed by atoms with Crippen LogP contribution in [0.3, 0.4) is 0 Å².